The molecule has 1 aromatic carbocycles. The lowest BCUT2D eigenvalue weighted by Gasteiger charge is -2.06. The summed E-state index contributed by atoms with van der Waals surface area (Å²) in [5.41, 5.74) is 1.23. The first-order valence-electron chi connectivity index (χ1n) is 6.04. The van der Waals surface area contributed by atoms with E-state index in [1.165, 1.54) is 13.0 Å². The molecule has 0 aliphatic rings. The molecule has 0 radical (unpaired) electrons. The third kappa shape index (κ3) is 3.06. The molecule has 1 N–H and O–H groups in total. The van der Waals surface area contributed by atoms with E-state index in [1.54, 1.807) is 31.2 Å². The molecule has 0 unspecified atom stereocenters. The van der Waals surface area contributed by atoms with Gasteiger partial charge in [-0.3, -0.25) is 4.79 Å². The van der Waals surface area contributed by atoms with Crippen LogP contribution in [0.25, 0.3) is 0 Å². The van der Waals surface area contributed by atoms with E-state index >= 15 is 0 Å². The SMILES string of the molecule is CC(=O)c1cccc(OCc2cc(C(=O)O)oc2C)c1. The van der Waals surface area contributed by atoms with Crippen LogP contribution in [-0.4, -0.2) is 16.9 Å². The summed E-state index contributed by atoms with van der Waals surface area (Å²) in [7, 11) is 0. The predicted octanol–water partition coefficient (Wildman–Crippen LogP) is 3.07. The molecule has 0 saturated heterocycles. The van der Waals surface area contributed by atoms with E-state index in [1.807, 2.05) is 0 Å². The number of aromatic carboxylic acids is 1. The fourth-order valence-corrected chi connectivity index (χ4v) is 1.73. The first-order valence-corrected chi connectivity index (χ1v) is 6.04. The number of rotatable bonds is 5. The summed E-state index contributed by atoms with van der Waals surface area (Å²) in [6.45, 7) is 3.35. The molecule has 0 amide bonds. The van der Waals surface area contributed by atoms with Gasteiger partial charge in [-0.1, -0.05) is 12.1 Å². The van der Waals surface area contributed by atoms with Gasteiger partial charge in [0, 0.05) is 11.1 Å². The summed E-state index contributed by atoms with van der Waals surface area (Å²) in [5, 5.41) is 8.83. The summed E-state index contributed by atoms with van der Waals surface area (Å²) in [6, 6.07) is 8.26. The second-order valence-corrected chi connectivity index (χ2v) is 4.37. The van der Waals surface area contributed by atoms with Crippen LogP contribution in [0.4, 0.5) is 0 Å². The predicted molar refractivity (Wildman–Crippen MR) is 71.2 cm³/mol. The number of carbonyl (C=O) groups is 2. The van der Waals surface area contributed by atoms with Gasteiger partial charge in [0.1, 0.15) is 18.1 Å². The summed E-state index contributed by atoms with van der Waals surface area (Å²) < 4.78 is 10.6. The van der Waals surface area contributed by atoms with E-state index in [0.717, 1.165) is 0 Å². The van der Waals surface area contributed by atoms with Gasteiger partial charge in [0.2, 0.25) is 5.76 Å². The third-order valence-corrected chi connectivity index (χ3v) is 2.87. The first-order chi connectivity index (χ1) is 9.47. The van der Waals surface area contributed by atoms with Gasteiger partial charge in [0.15, 0.2) is 5.78 Å². The Morgan fingerprint density at radius 3 is 2.65 bits per heavy atom. The molecular weight excluding hydrogens is 260 g/mol. The van der Waals surface area contributed by atoms with E-state index in [0.29, 0.717) is 22.6 Å². The molecule has 5 heteroatoms. The van der Waals surface area contributed by atoms with Crippen molar-refractivity contribution < 1.29 is 23.8 Å². The average Bonchev–Trinajstić information content (AvgIpc) is 2.78. The van der Waals surface area contributed by atoms with Crippen molar-refractivity contribution in [2.75, 3.05) is 0 Å². The number of Topliss-reactive ketones (excluding diaryl/α,β-unsaturated/α-hetero) is 1. The quantitative estimate of drug-likeness (QED) is 0.848. The van der Waals surface area contributed by atoms with Crippen molar-refractivity contribution in [2.24, 2.45) is 0 Å². The second kappa shape index (κ2) is 5.61. The summed E-state index contributed by atoms with van der Waals surface area (Å²) in [5.74, 6) is -0.208. The van der Waals surface area contributed by atoms with Crippen LogP contribution < -0.4 is 4.74 Å². The van der Waals surface area contributed by atoms with Crippen molar-refractivity contribution in [1.29, 1.82) is 0 Å². The Bertz CT molecular complexity index is 654. The van der Waals surface area contributed by atoms with Gasteiger partial charge in [-0.25, -0.2) is 4.79 Å². The molecule has 1 aromatic heterocycles. The van der Waals surface area contributed by atoms with Crippen LogP contribution in [0.1, 0.15) is 39.2 Å². The average molecular weight is 274 g/mol. The molecular formula is C15H14O5. The fraction of sp³-hybridized carbons (Fsp3) is 0.200. The Hall–Kier alpha value is -2.56. The minimum Gasteiger partial charge on any atom is -0.489 e. The maximum Gasteiger partial charge on any atom is 0.371 e. The van der Waals surface area contributed by atoms with Gasteiger partial charge in [-0.2, -0.15) is 0 Å². The van der Waals surface area contributed by atoms with E-state index in [-0.39, 0.29) is 18.2 Å². The van der Waals surface area contributed by atoms with Gasteiger partial charge in [0.25, 0.3) is 0 Å². The molecule has 0 spiro atoms. The topological polar surface area (TPSA) is 76.7 Å². The van der Waals surface area contributed by atoms with Crippen molar-refractivity contribution in [2.45, 2.75) is 20.5 Å². The number of hydrogen-bond acceptors (Lipinski definition) is 4. The van der Waals surface area contributed by atoms with Crippen molar-refractivity contribution in [3.05, 3.63) is 53.0 Å². The molecule has 2 rings (SSSR count). The van der Waals surface area contributed by atoms with Crippen molar-refractivity contribution in [3.8, 4) is 5.75 Å². The highest BCUT2D eigenvalue weighted by Crippen LogP contribution is 2.19. The zero-order chi connectivity index (χ0) is 14.7. The minimum atomic E-state index is -1.11. The highest BCUT2D eigenvalue weighted by Gasteiger charge is 2.13. The molecule has 0 atom stereocenters. The van der Waals surface area contributed by atoms with E-state index in [9.17, 15) is 9.59 Å². The van der Waals surface area contributed by atoms with Crippen LogP contribution in [-0.2, 0) is 6.61 Å². The summed E-state index contributed by atoms with van der Waals surface area (Å²) >= 11 is 0. The van der Waals surface area contributed by atoms with Crippen LogP contribution >= 0.6 is 0 Å². The molecule has 0 bridgehead atoms. The van der Waals surface area contributed by atoms with Gasteiger partial charge >= 0.3 is 5.97 Å². The van der Waals surface area contributed by atoms with Crippen LogP contribution in [0.2, 0.25) is 0 Å². The third-order valence-electron chi connectivity index (χ3n) is 2.87. The van der Waals surface area contributed by atoms with Crippen molar-refractivity contribution in [3.63, 3.8) is 0 Å². The summed E-state index contributed by atoms with van der Waals surface area (Å²) in [6.07, 6.45) is 0. The lowest BCUT2D eigenvalue weighted by atomic mass is 10.1. The maximum absolute atomic E-state index is 11.3. The monoisotopic (exact) mass is 274 g/mol. The Labute approximate surface area is 115 Å². The smallest absolute Gasteiger partial charge is 0.371 e. The number of carbonyl (C=O) groups excluding carboxylic acids is 1. The number of furan rings is 1. The minimum absolute atomic E-state index is 0.0388. The normalized spacial score (nSPS) is 10.3. The fourth-order valence-electron chi connectivity index (χ4n) is 1.73. The lowest BCUT2D eigenvalue weighted by molar-refractivity contribution is 0.0660. The first kappa shape index (κ1) is 13.9. The molecule has 0 saturated carbocycles. The largest absolute Gasteiger partial charge is 0.489 e. The molecule has 0 aliphatic heterocycles. The van der Waals surface area contributed by atoms with Gasteiger partial charge in [-0.05, 0) is 32.0 Å². The highest BCUT2D eigenvalue weighted by molar-refractivity contribution is 5.94. The summed E-state index contributed by atoms with van der Waals surface area (Å²) in [4.78, 5) is 22.1. The number of carboxylic acids is 1. The molecule has 20 heavy (non-hydrogen) atoms. The Kier molecular flexibility index (Phi) is 3.89. The van der Waals surface area contributed by atoms with Crippen molar-refractivity contribution in [1.82, 2.24) is 0 Å². The molecule has 0 aliphatic carbocycles. The zero-order valence-electron chi connectivity index (χ0n) is 11.2. The number of ketones is 1. The van der Waals surface area contributed by atoms with Crippen LogP contribution in [0.3, 0.4) is 0 Å². The lowest BCUT2D eigenvalue weighted by Crippen LogP contribution is -1.98. The molecule has 1 heterocycles. The van der Waals surface area contributed by atoms with Crippen LogP contribution in [0, 0.1) is 6.92 Å². The van der Waals surface area contributed by atoms with E-state index < -0.39 is 5.97 Å². The number of hydrogen-bond donors (Lipinski definition) is 1. The van der Waals surface area contributed by atoms with Crippen LogP contribution in [0.5, 0.6) is 5.75 Å². The molecule has 104 valence electrons. The molecule has 2 aromatic rings. The van der Waals surface area contributed by atoms with Gasteiger partial charge in [-0.15, -0.1) is 0 Å². The number of carboxylic acid groups (broad SMARTS) is 1. The zero-order valence-corrected chi connectivity index (χ0v) is 11.2. The van der Waals surface area contributed by atoms with Gasteiger partial charge in [0.05, 0.1) is 0 Å². The van der Waals surface area contributed by atoms with Gasteiger partial charge < -0.3 is 14.3 Å². The number of aryl methyl sites for hydroxylation is 1. The standard InChI is InChI=1S/C15H14O5/c1-9(16)11-4-3-5-13(6-11)19-8-12-7-14(15(17)18)20-10(12)2/h3-7H,8H2,1-2H3,(H,17,18). The molecule has 0 fully saturated rings. The number of ether oxygens (including phenoxy) is 1. The molecule has 5 nitrogen and oxygen atoms in total. The Balaban J connectivity index is 2.10. The van der Waals surface area contributed by atoms with Crippen molar-refractivity contribution >= 4 is 11.8 Å². The Morgan fingerprint density at radius 1 is 1.30 bits per heavy atom. The van der Waals surface area contributed by atoms with E-state index in [4.69, 9.17) is 14.3 Å². The van der Waals surface area contributed by atoms with E-state index in [2.05, 4.69) is 0 Å². The maximum atomic E-state index is 11.3. The highest BCUT2D eigenvalue weighted by atomic mass is 16.5. The van der Waals surface area contributed by atoms with Crippen LogP contribution in [0.15, 0.2) is 34.7 Å². The Morgan fingerprint density at radius 2 is 2.05 bits per heavy atom. The second-order valence-electron chi connectivity index (χ2n) is 4.37. The number of benzene rings is 1.